The molecule has 5 amide bonds. The second kappa shape index (κ2) is 26.5. The van der Waals surface area contributed by atoms with Gasteiger partial charge in [-0.1, -0.05) is 80.1 Å². The molecule has 0 aliphatic rings. The van der Waals surface area contributed by atoms with E-state index in [-0.39, 0.29) is 71.6 Å². The van der Waals surface area contributed by atoms with Gasteiger partial charge in [0, 0.05) is 57.2 Å². The van der Waals surface area contributed by atoms with E-state index in [9.17, 15) is 39.6 Å². The average Bonchev–Trinajstić information content (AvgIpc) is 2.96. The Morgan fingerprint density at radius 3 is 1.66 bits per heavy atom. The Hall–Kier alpha value is -3.57. The summed E-state index contributed by atoms with van der Waals surface area (Å²) < 4.78 is 0. The highest BCUT2D eigenvalue weighted by atomic mass is 32.1. The first-order chi connectivity index (χ1) is 20.2. The zero-order chi connectivity index (χ0) is 32.5. The third-order valence-corrected chi connectivity index (χ3v) is 6.82. The van der Waals surface area contributed by atoms with Gasteiger partial charge in [0.15, 0.2) is 0 Å². The van der Waals surface area contributed by atoms with Gasteiger partial charge < -0.3 is 16.0 Å². The van der Waals surface area contributed by atoms with Gasteiger partial charge in [-0.3, -0.25) is 39.6 Å². The average molecular weight is 705 g/mol. The highest BCUT2D eigenvalue weighted by Gasteiger charge is 2.17. The smallest absolute Gasteiger partial charge is 0.248 e. The Morgan fingerprint density at radius 1 is 0.723 bits per heavy atom. The van der Waals surface area contributed by atoms with E-state index in [0.717, 1.165) is 28.0 Å². The fourth-order valence-electron chi connectivity index (χ4n) is 3.26. The van der Waals surface area contributed by atoms with Crippen molar-refractivity contribution in [3.05, 3.63) is 29.8 Å². The number of nitrogens with zero attached hydrogens (tertiary/aromatic N) is 3. The summed E-state index contributed by atoms with van der Waals surface area (Å²) >= 11 is 10.7. The number of benzene rings is 1. The van der Waals surface area contributed by atoms with Gasteiger partial charge in [0.05, 0.1) is 4.99 Å². The van der Waals surface area contributed by atoms with Gasteiger partial charge in [0.25, 0.3) is 0 Å². The van der Waals surface area contributed by atoms with Gasteiger partial charge in [-0.25, -0.2) is 15.2 Å². The standard InChI is InChI=1S/C27H40N6O8S2.4CH4/c1-18(2)27(43)30-21-8-6-20(7-9-21)15-22(42)5-4-14-31(39)25(37)12-10-24(36)29-17-33(41)26(38)13-11-23(35)28-16-32(40)19(3)34;;;;/h6-9,18,39-41H,4-5,10-17H2,1-3H3,(H,28,35)(H,29,36)(H,30,43);4*1H4. The predicted molar refractivity (Wildman–Crippen MR) is 191 cm³/mol. The van der Waals surface area contributed by atoms with Crippen molar-refractivity contribution in [3.63, 3.8) is 0 Å². The Kier molecular flexibility index (Phi) is 28.3. The first kappa shape index (κ1) is 50.3. The van der Waals surface area contributed by atoms with Crippen molar-refractivity contribution < 1.29 is 39.6 Å². The minimum absolute atomic E-state index is 0. The molecule has 0 radical (unpaired) electrons. The highest BCUT2D eigenvalue weighted by molar-refractivity contribution is 7.80. The Morgan fingerprint density at radius 2 is 1.19 bits per heavy atom. The monoisotopic (exact) mass is 704 g/mol. The molecule has 0 heterocycles. The second-order valence-electron chi connectivity index (χ2n) is 9.90. The van der Waals surface area contributed by atoms with Crippen LogP contribution >= 0.6 is 24.4 Å². The summed E-state index contributed by atoms with van der Waals surface area (Å²) in [4.78, 5) is 60.1. The zero-order valence-corrected chi connectivity index (χ0v) is 26.1. The maximum absolute atomic E-state index is 12.2. The fourth-order valence-corrected chi connectivity index (χ4v) is 3.69. The SMILES string of the molecule is C.C.C.C.CC(=O)N(O)CNC(=O)CCC(=O)N(O)CNC(=O)CCC(=O)N(O)CCCC(=S)Cc1ccc(NC(=S)C(C)C)cc1. The Balaban J connectivity index is -0.00000231. The van der Waals surface area contributed by atoms with Gasteiger partial charge in [-0.15, -0.1) is 0 Å². The van der Waals surface area contributed by atoms with Crippen LogP contribution in [0.1, 0.15) is 94.6 Å². The summed E-state index contributed by atoms with van der Waals surface area (Å²) in [6.45, 7) is 4.13. The normalized spacial score (nSPS) is 9.60. The molecule has 0 atom stereocenters. The molecule has 0 aromatic heterocycles. The summed E-state index contributed by atoms with van der Waals surface area (Å²) in [5.74, 6) is -3.26. The van der Waals surface area contributed by atoms with Gasteiger partial charge in [-0.2, -0.15) is 0 Å². The summed E-state index contributed by atoms with van der Waals surface area (Å²) in [6.07, 6.45) is 0.198. The second-order valence-corrected chi connectivity index (χ2v) is 10.9. The van der Waals surface area contributed by atoms with Crippen LogP contribution in [-0.2, 0) is 30.4 Å². The van der Waals surface area contributed by atoms with Crippen molar-refractivity contribution in [2.75, 3.05) is 25.2 Å². The lowest BCUT2D eigenvalue weighted by atomic mass is 10.1. The molecule has 1 aromatic rings. The number of carbonyl (C=O) groups excluding carboxylic acids is 5. The van der Waals surface area contributed by atoms with Crippen LogP contribution in [0, 0.1) is 5.92 Å². The number of anilines is 1. The van der Waals surface area contributed by atoms with Crippen molar-refractivity contribution in [1.82, 2.24) is 25.8 Å². The number of hydroxylamine groups is 6. The molecule has 0 bridgehead atoms. The van der Waals surface area contributed by atoms with Crippen LogP contribution in [0.15, 0.2) is 24.3 Å². The molecule has 0 spiro atoms. The molecule has 0 saturated carbocycles. The topological polar surface area (TPSA) is 192 Å². The number of amides is 5. The molecule has 6 N–H and O–H groups in total. The molecule has 0 fully saturated rings. The largest absolute Gasteiger partial charge is 0.350 e. The maximum atomic E-state index is 12.2. The van der Waals surface area contributed by atoms with Crippen LogP contribution in [0.5, 0.6) is 0 Å². The minimum atomic E-state index is -0.862. The van der Waals surface area contributed by atoms with E-state index in [1.807, 2.05) is 38.1 Å². The molecule has 1 aromatic carbocycles. The summed E-state index contributed by atoms with van der Waals surface area (Å²) in [6, 6.07) is 7.78. The third-order valence-electron chi connectivity index (χ3n) is 5.90. The quantitative estimate of drug-likeness (QED) is 0.0537. The van der Waals surface area contributed by atoms with Crippen LogP contribution in [0.4, 0.5) is 5.69 Å². The molecular formula is C31H56N6O8S2. The molecule has 14 nitrogen and oxygen atoms in total. The zero-order valence-electron chi connectivity index (χ0n) is 24.5. The molecule has 0 aliphatic carbocycles. The van der Waals surface area contributed by atoms with E-state index in [1.165, 1.54) is 0 Å². The van der Waals surface area contributed by atoms with Crippen LogP contribution in [-0.4, -0.2) is 90.1 Å². The van der Waals surface area contributed by atoms with Gasteiger partial charge in [-0.05, 0) is 35.4 Å². The van der Waals surface area contributed by atoms with Crippen LogP contribution < -0.4 is 16.0 Å². The number of rotatable bonds is 18. The van der Waals surface area contributed by atoms with Crippen molar-refractivity contribution in [1.29, 1.82) is 0 Å². The lowest BCUT2D eigenvalue weighted by molar-refractivity contribution is -0.169. The summed E-state index contributed by atoms with van der Waals surface area (Å²) in [5.41, 5.74) is 1.93. The maximum Gasteiger partial charge on any atom is 0.248 e. The number of hydrogen-bond donors (Lipinski definition) is 6. The molecule has 0 unspecified atom stereocenters. The fraction of sp³-hybridized carbons (Fsp3) is 0.581. The molecule has 0 aliphatic heterocycles. The highest BCUT2D eigenvalue weighted by Crippen LogP contribution is 2.14. The van der Waals surface area contributed by atoms with Crippen LogP contribution in [0.25, 0.3) is 0 Å². The minimum Gasteiger partial charge on any atom is -0.350 e. The summed E-state index contributed by atoms with van der Waals surface area (Å²) in [5, 5.41) is 37.6. The number of hydrogen-bond acceptors (Lipinski definition) is 10. The third kappa shape index (κ3) is 21.8. The van der Waals surface area contributed by atoms with Gasteiger partial charge in [0.2, 0.25) is 29.5 Å². The first-order valence-corrected chi connectivity index (χ1v) is 14.4. The van der Waals surface area contributed by atoms with Gasteiger partial charge >= 0.3 is 0 Å². The number of thiocarbonyl (C=S) groups is 2. The van der Waals surface area contributed by atoms with Crippen molar-refractivity contribution in [2.45, 2.75) is 95.4 Å². The van der Waals surface area contributed by atoms with Crippen LogP contribution in [0.2, 0.25) is 0 Å². The van der Waals surface area contributed by atoms with Crippen LogP contribution in [0.3, 0.4) is 0 Å². The molecule has 0 saturated heterocycles. The predicted octanol–water partition coefficient (Wildman–Crippen LogP) is 4.70. The number of nitrogens with one attached hydrogen (secondary N) is 3. The van der Waals surface area contributed by atoms with Gasteiger partial charge in [0.1, 0.15) is 13.3 Å². The first-order valence-electron chi connectivity index (χ1n) is 13.6. The lowest BCUT2D eigenvalue weighted by Crippen LogP contribution is -2.41. The molecule has 270 valence electrons. The molecular weight excluding hydrogens is 649 g/mol. The van der Waals surface area contributed by atoms with Crippen molar-refractivity contribution >= 4 is 69.5 Å². The van der Waals surface area contributed by atoms with E-state index in [2.05, 4.69) is 16.0 Å². The van der Waals surface area contributed by atoms with E-state index < -0.39 is 49.3 Å². The number of carbonyl (C=O) groups is 5. The summed E-state index contributed by atoms with van der Waals surface area (Å²) in [7, 11) is 0. The molecule has 16 heteroatoms. The van der Waals surface area contributed by atoms with E-state index in [0.29, 0.717) is 24.3 Å². The Labute approximate surface area is 290 Å². The van der Waals surface area contributed by atoms with Crippen molar-refractivity contribution in [2.24, 2.45) is 5.92 Å². The van der Waals surface area contributed by atoms with Crippen molar-refractivity contribution in [3.8, 4) is 0 Å². The lowest BCUT2D eigenvalue weighted by Gasteiger charge is -2.17. The molecule has 1 rings (SSSR count). The molecule has 47 heavy (non-hydrogen) atoms. The Bertz CT molecular complexity index is 1150. The van der Waals surface area contributed by atoms with E-state index >= 15 is 0 Å². The van der Waals surface area contributed by atoms with E-state index in [1.54, 1.807) is 0 Å². The van der Waals surface area contributed by atoms with E-state index in [4.69, 9.17) is 24.4 Å².